The molecule has 0 spiro atoms. The number of carbonyl (C=O) groups excluding carboxylic acids is 1. The molecule has 0 aliphatic heterocycles. The Bertz CT molecular complexity index is 176. The smallest absolute Gasteiger partial charge is 0.305 e. The predicted molar refractivity (Wildman–Crippen MR) is 65.8 cm³/mol. The Morgan fingerprint density at radius 3 is 2.53 bits per heavy atom. The number of esters is 1. The molecule has 0 aromatic carbocycles. The minimum atomic E-state index is -0.150. The minimum Gasteiger partial charge on any atom is -0.463 e. The van der Waals surface area contributed by atoms with Crippen molar-refractivity contribution < 1.29 is 19.0 Å². The lowest BCUT2D eigenvalue weighted by atomic mass is 10.2. The zero-order chi connectivity index (χ0) is 12.8. The van der Waals surface area contributed by atoms with Crippen molar-refractivity contribution in [1.82, 2.24) is 0 Å². The van der Waals surface area contributed by atoms with Crippen LogP contribution in [0.3, 0.4) is 0 Å². The highest BCUT2D eigenvalue weighted by Gasteiger charge is 2.01. The summed E-state index contributed by atoms with van der Waals surface area (Å²) in [7, 11) is 1.66. The standard InChI is InChI=1S/C12H25NO4/c1-15-8-5-9-16-10-11-17-12(14)6-3-2-4-7-13/h2-11,13H2,1H3. The van der Waals surface area contributed by atoms with Crippen LogP contribution in [-0.4, -0.2) is 46.1 Å². The van der Waals surface area contributed by atoms with Gasteiger partial charge in [0.1, 0.15) is 6.61 Å². The molecule has 0 unspecified atom stereocenters. The molecule has 102 valence electrons. The molecule has 0 aromatic heterocycles. The maximum atomic E-state index is 11.2. The lowest BCUT2D eigenvalue weighted by molar-refractivity contribution is -0.145. The zero-order valence-corrected chi connectivity index (χ0v) is 10.8. The van der Waals surface area contributed by atoms with E-state index in [9.17, 15) is 4.79 Å². The Balaban J connectivity index is 3.11. The quantitative estimate of drug-likeness (QED) is 0.413. The molecule has 17 heavy (non-hydrogen) atoms. The fraction of sp³-hybridized carbons (Fsp3) is 0.917. The van der Waals surface area contributed by atoms with E-state index in [2.05, 4.69) is 0 Å². The molecule has 0 fully saturated rings. The molecule has 0 saturated carbocycles. The van der Waals surface area contributed by atoms with Crippen LogP contribution in [0.15, 0.2) is 0 Å². The van der Waals surface area contributed by atoms with Crippen molar-refractivity contribution in [3.05, 3.63) is 0 Å². The highest BCUT2D eigenvalue weighted by Crippen LogP contribution is 2.00. The van der Waals surface area contributed by atoms with E-state index in [-0.39, 0.29) is 5.97 Å². The van der Waals surface area contributed by atoms with Crippen molar-refractivity contribution >= 4 is 5.97 Å². The van der Waals surface area contributed by atoms with E-state index in [0.29, 0.717) is 39.4 Å². The van der Waals surface area contributed by atoms with Crippen LogP contribution < -0.4 is 5.73 Å². The van der Waals surface area contributed by atoms with Crippen molar-refractivity contribution in [2.24, 2.45) is 5.73 Å². The van der Waals surface area contributed by atoms with E-state index >= 15 is 0 Å². The SMILES string of the molecule is COCCCOCCOC(=O)CCCCCN. The molecule has 0 aromatic rings. The number of nitrogens with two attached hydrogens (primary N) is 1. The molecule has 0 amide bonds. The van der Waals surface area contributed by atoms with Gasteiger partial charge in [-0.1, -0.05) is 6.42 Å². The molecule has 0 radical (unpaired) electrons. The van der Waals surface area contributed by atoms with Gasteiger partial charge < -0.3 is 19.9 Å². The Labute approximate surface area is 104 Å². The maximum Gasteiger partial charge on any atom is 0.305 e. The summed E-state index contributed by atoms with van der Waals surface area (Å²) in [5.74, 6) is -0.150. The molecule has 5 heteroatoms. The molecular weight excluding hydrogens is 222 g/mol. The third-order valence-corrected chi connectivity index (χ3v) is 2.21. The van der Waals surface area contributed by atoms with Crippen molar-refractivity contribution in [3.8, 4) is 0 Å². The summed E-state index contributed by atoms with van der Waals surface area (Å²) in [6.07, 6.45) is 4.15. The van der Waals surface area contributed by atoms with Crippen LogP contribution in [0.1, 0.15) is 32.1 Å². The first-order chi connectivity index (χ1) is 8.31. The van der Waals surface area contributed by atoms with E-state index in [1.807, 2.05) is 0 Å². The van der Waals surface area contributed by atoms with Gasteiger partial charge in [-0.3, -0.25) is 4.79 Å². The van der Waals surface area contributed by atoms with Gasteiger partial charge in [-0.2, -0.15) is 0 Å². The third-order valence-electron chi connectivity index (χ3n) is 2.21. The normalized spacial score (nSPS) is 10.5. The number of hydrogen-bond donors (Lipinski definition) is 1. The topological polar surface area (TPSA) is 70.8 Å². The first kappa shape index (κ1) is 16.4. The molecule has 0 saturated heterocycles. The van der Waals surface area contributed by atoms with E-state index < -0.39 is 0 Å². The Kier molecular flexibility index (Phi) is 12.9. The first-order valence-electron chi connectivity index (χ1n) is 6.23. The van der Waals surface area contributed by atoms with Gasteiger partial charge in [0.2, 0.25) is 0 Å². The minimum absolute atomic E-state index is 0.150. The van der Waals surface area contributed by atoms with Crippen LogP contribution >= 0.6 is 0 Å². The summed E-state index contributed by atoms with van der Waals surface area (Å²) in [5.41, 5.74) is 5.35. The number of hydrogen-bond acceptors (Lipinski definition) is 5. The van der Waals surface area contributed by atoms with Gasteiger partial charge in [-0.05, 0) is 25.8 Å². The second-order valence-electron chi connectivity index (χ2n) is 3.78. The highest BCUT2D eigenvalue weighted by molar-refractivity contribution is 5.69. The summed E-state index contributed by atoms with van der Waals surface area (Å²) < 4.78 is 15.1. The van der Waals surface area contributed by atoms with Crippen molar-refractivity contribution in [3.63, 3.8) is 0 Å². The molecule has 5 nitrogen and oxygen atoms in total. The molecule has 0 rings (SSSR count). The highest BCUT2D eigenvalue weighted by atomic mass is 16.6. The summed E-state index contributed by atoms with van der Waals surface area (Å²) in [5, 5.41) is 0. The summed E-state index contributed by atoms with van der Waals surface area (Å²) in [6, 6.07) is 0. The van der Waals surface area contributed by atoms with Gasteiger partial charge in [-0.15, -0.1) is 0 Å². The van der Waals surface area contributed by atoms with Gasteiger partial charge in [0.25, 0.3) is 0 Å². The number of methoxy groups -OCH3 is 1. The van der Waals surface area contributed by atoms with Gasteiger partial charge in [0.15, 0.2) is 0 Å². The molecule has 2 N–H and O–H groups in total. The Hall–Kier alpha value is -0.650. The maximum absolute atomic E-state index is 11.2. The molecule has 0 aliphatic carbocycles. The lowest BCUT2D eigenvalue weighted by Gasteiger charge is -2.05. The van der Waals surface area contributed by atoms with Crippen LogP contribution in [-0.2, 0) is 19.0 Å². The number of rotatable bonds is 12. The average Bonchev–Trinajstić information content (AvgIpc) is 2.33. The summed E-state index contributed by atoms with van der Waals surface area (Å²) in [4.78, 5) is 11.2. The molecule has 0 aliphatic rings. The van der Waals surface area contributed by atoms with Gasteiger partial charge in [0.05, 0.1) is 6.61 Å². The lowest BCUT2D eigenvalue weighted by Crippen LogP contribution is -2.11. The molecule has 0 atom stereocenters. The van der Waals surface area contributed by atoms with Crippen molar-refractivity contribution in [2.45, 2.75) is 32.1 Å². The average molecular weight is 247 g/mol. The predicted octanol–water partition coefficient (Wildman–Crippen LogP) is 1.10. The molecule has 0 heterocycles. The van der Waals surface area contributed by atoms with Crippen LogP contribution in [0.2, 0.25) is 0 Å². The molecule has 0 bridgehead atoms. The van der Waals surface area contributed by atoms with Crippen molar-refractivity contribution in [2.75, 3.05) is 40.1 Å². The zero-order valence-electron chi connectivity index (χ0n) is 10.8. The number of unbranched alkanes of at least 4 members (excludes halogenated alkanes) is 2. The second-order valence-corrected chi connectivity index (χ2v) is 3.78. The number of ether oxygens (including phenoxy) is 3. The monoisotopic (exact) mass is 247 g/mol. The summed E-state index contributed by atoms with van der Waals surface area (Å²) in [6.45, 7) is 2.81. The number of carbonyl (C=O) groups is 1. The van der Waals surface area contributed by atoms with Gasteiger partial charge in [-0.25, -0.2) is 0 Å². The summed E-state index contributed by atoms with van der Waals surface area (Å²) >= 11 is 0. The third kappa shape index (κ3) is 13.3. The largest absolute Gasteiger partial charge is 0.463 e. The van der Waals surface area contributed by atoms with E-state index in [1.165, 1.54) is 0 Å². The Morgan fingerprint density at radius 2 is 1.82 bits per heavy atom. The first-order valence-corrected chi connectivity index (χ1v) is 6.23. The van der Waals surface area contributed by atoms with Gasteiger partial charge >= 0.3 is 5.97 Å². The fourth-order valence-corrected chi connectivity index (χ4v) is 1.28. The van der Waals surface area contributed by atoms with Crippen LogP contribution in [0.4, 0.5) is 0 Å². The van der Waals surface area contributed by atoms with Gasteiger partial charge in [0, 0.05) is 26.7 Å². The fourth-order valence-electron chi connectivity index (χ4n) is 1.28. The van der Waals surface area contributed by atoms with Crippen LogP contribution in [0.5, 0.6) is 0 Å². The molecular formula is C12H25NO4. The Morgan fingerprint density at radius 1 is 1.00 bits per heavy atom. The second kappa shape index (κ2) is 13.4. The van der Waals surface area contributed by atoms with Crippen molar-refractivity contribution in [1.29, 1.82) is 0 Å². The van der Waals surface area contributed by atoms with Crippen LogP contribution in [0, 0.1) is 0 Å². The van der Waals surface area contributed by atoms with E-state index in [4.69, 9.17) is 19.9 Å². The van der Waals surface area contributed by atoms with E-state index in [0.717, 1.165) is 25.7 Å². The van der Waals surface area contributed by atoms with Crippen LogP contribution in [0.25, 0.3) is 0 Å². The van der Waals surface area contributed by atoms with E-state index in [1.54, 1.807) is 7.11 Å².